The van der Waals surface area contributed by atoms with Crippen LogP contribution in [0.5, 0.6) is 0 Å². The maximum Gasteiger partial charge on any atom is 0.261 e. The predicted octanol–water partition coefficient (Wildman–Crippen LogP) is 4.84. The van der Waals surface area contributed by atoms with Crippen molar-refractivity contribution in [2.45, 2.75) is 96.6 Å². The van der Waals surface area contributed by atoms with Crippen LogP contribution in [-0.2, 0) is 11.3 Å². The fourth-order valence-electron chi connectivity index (χ4n) is 7.35. The molecule has 6 nitrogen and oxygen atoms in total. The summed E-state index contributed by atoms with van der Waals surface area (Å²) in [6.45, 7) is 5.46. The number of aromatic nitrogens is 2. The van der Waals surface area contributed by atoms with Crippen LogP contribution >= 0.6 is 0 Å². The number of rotatable bonds is 5. The van der Waals surface area contributed by atoms with E-state index in [1.54, 1.807) is 10.9 Å². The Morgan fingerprint density at radius 2 is 1.89 bits per heavy atom. The number of nitrogens with zero attached hydrogens (tertiary/aromatic N) is 3. The first-order valence-electron chi connectivity index (χ1n) is 13.8. The zero-order valence-electron chi connectivity index (χ0n) is 21.5. The normalized spacial score (nSPS) is 25.9. The molecule has 0 radical (unpaired) electrons. The Bertz CT molecular complexity index is 1130. The van der Waals surface area contributed by atoms with Gasteiger partial charge in [-0.15, -0.1) is 0 Å². The summed E-state index contributed by atoms with van der Waals surface area (Å²) in [7, 11) is 0. The highest BCUT2D eigenvalue weighted by molar-refractivity contribution is 5.80. The number of aliphatic hydroxyl groups is 1. The van der Waals surface area contributed by atoms with Gasteiger partial charge in [0.2, 0.25) is 5.91 Å². The van der Waals surface area contributed by atoms with Gasteiger partial charge in [0.1, 0.15) is 0 Å². The molecule has 1 N–H and O–H groups in total. The molecule has 3 aliphatic rings. The molecule has 2 aromatic rings. The Balaban J connectivity index is 1.35. The van der Waals surface area contributed by atoms with Crippen LogP contribution < -0.4 is 5.56 Å². The van der Waals surface area contributed by atoms with Gasteiger partial charge < -0.3 is 10.0 Å². The second-order valence-electron chi connectivity index (χ2n) is 11.8. The Labute approximate surface area is 208 Å². The fourth-order valence-corrected chi connectivity index (χ4v) is 7.35. The summed E-state index contributed by atoms with van der Waals surface area (Å²) < 4.78 is 1.60. The highest BCUT2D eigenvalue weighted by atomic mass is 16.3. The van der Waals surface area contributed by atoms with E-state index in [0.29, 0.717) is 30.8 Å². The van der Waals surface area contributed by atoms with Crippen LogP contribution in [-0.4, -0.2) is 44.2 Å². The largest absolute Gasteiger partial charge is 0.387 e. The quantitative estimate of drug-likeness (QED) is 0.666. The van der Waals surface area contributed by atoms with Gasteiger partial charge in [-0.3, -0.25) is 14.2 Å². The van der Waals surface area contributed by atoms with Crippen molar-refractivity contribution in [3.05, 3.63) is 40.4 Å². The molecule has 1 amide bonds. The highest BCUT2D eigenvalue weighted by Gasteiger charge is 2.55. The summed E-state index contributed by atoms with van der Waals surface area (Å²) in [6.07, 6.45) is 13.5. The molecule has 1 saturated heterocycles. The summed E-state index contributed by atoms with van der Waals surface area (Å²) in [5.41, 5.74) is 0.234. The van der Waals surface area contributed by atoms with Crippen molar-refractivity contribution < 1.29 is 9.90 Å². The number of fused-ring (bicyclic) bond motifs is 1. The van der Waals surface area contributed by atoms with Crippen molar-refractivity contribution in [3.8, 4) is 0 Å². The van der Waals surface area contributed by atoms with Crippen LogP contribution in [0.25, 0.3) is 10.9 Å². The monoisotopic (exact) mass is 479 g/mol. The van der Waals surface area contributed by atoms with Gasteiger partial charge in [0.25, 0.3) is 5.56 Å². The first kappa shape index (κ1) is 24.5. The highest BCUT2D eigenvalue weighted by Crippen LogP contribution is 2.51. The summed E-state index contributed by atoms with van der Waals surface area (Å²) in [5.74, 6) is 0.975. The molecule has 1 aromatic carbocycles. The lowest BCUT2D eigenvalue weighted by Crippen LogP contribution is -2.62. The van der Waals surface area contributed by atoms with E-state index in [-0.39, 0.29) is 29.3 Å². The molecule has 190 valence electrons. The van der Waals surface area contributed by atoms with E-state index in [1.807, 2.05) is 30.0 Å². The van der Waals surface area contributed by atoms with Gasteiger partial charge in [0.05, 0.1) is 29.4 Å². The smallest absolute Gasteiger partial charge is 0.261 e. The molecule has 3 fully saturated rings. The molecule has 2 aliphatic carbocycles. The zero-order chi connectivity index (χ0) is 24.6. The van der Waals surface area contributed by atoms with E-state index >= 15 is 0 Å². The van der Waals surface area contributed by atoms with Crippen molar-refractivity contribution in [3.63, 3.8) is 0 Å². The van der Waals surface area contributed by atoms with E-state index in [4.69, 9.17) is 0 Å². The molecule has 35 heavy (non-hydrogen) atoms. The van der Waals surface area contributed by atoms with E-state index in [0.717, 1.165) is 43.2 Å². The van der Waals surface area contributed by atoms with E-state index in [9.17, 15) is 14.7 Å². The molecule has 1 spiro atoms. The first-order valence-corrected chi connectivity index (χ1v) is 13.8. The molecule has 5 rings (SSSR count). The number of amides is 1. The number of hydrogen-bond acceptors (Lipinski definition) is 4. The van der Waals surface area contributed by atoms with Crippen LogP contribution in [0.2, 0.25) is 0 Å². The number of benzene rings is 1. The minimum atomic E-state index is -1.02. The third-order valence-corrected chi connectivity index (χ3v) is 9.47. The third kappa shape index (κ3) is 4.54. The fraction of sp³-hybridized carbons (Fsp3) is 0.690. The lowest BCUT2D eigenvalue weighted by molar-refractivity contribution is -0.163. The Morgan fingerprint density at radius 1 is 1.14 bits per heavy atom. The van der Waals surface area contributed by atoms with E-state index in [2.05, 4.69) is 11.9 Å². The number of para-hydroxylation sites is 1. The molecule has 2 heterocycles. The van der Waals surface area contributed by atoms with Gasteiger partial charge in [0.15, 0.2) is 0 Å². The number of carbonyl (C=O) groups is 1. The number of carbonyl (C=O) groups excluding carboxylic acids is 1. The number of likely N-dealkylation sites (tertiary alicyclic amines) is 1. The van der Waals surface area contributed by atoms with Gasteiger partial charge >= 0.3 is 0 Å². The van der Waals surface area contributed by atoms with E-state index < -0.39 is 5.60 Å². The standard InChI is InChI=1S/C29H41N3O3/c1-21-9-8-12-24-25(21)30-20-32(27(24)34)19-29(35)15-16-31(18-28(29)13-6-7-14-28)26(33)22(2)17-23-10-4-3-5-11-23/h8-9,12,20,22-23,35H,3-7,10-11,13-19H2,1-2H3/t22-,29?/m1/s1. The van der Waals surface area contributed by atoms with Crippen molar-refractivity contribution in [1.29, 1.82) is 0 Å². The molecule has 2 saturated carbocycles. The minimum Gasteiger partial charge on any atom is -0.387 e. The van der Waals surface area contributed by atoms with Gasteiger partial charge in [-0.25, -0.2) is 4.98 Å². The van der Waals surface area contributed by atoms with Crippen LogP contribution in [0.1, 0.15) is 83.1 Å². The maximum absolute atomic E-state index is 13.5. The second-order valence-corrected chi connectivity index (χ2v) is 11.8. The maximum atomic E-state index is 13.5. The second kappa shape index (κ2) is 9.68. The summed E-state index contributed by atoms with van der Waals surface area (Å²) in [4.78, 5) is 33.4. The van der Waals surface area contributed by atoms with Crippen molar-refractivity contribution in [2.75, 3.05) is 13.1 Å². The predicted molar refractivity (Wildman–Crippen MR) is 138 cm³/mol. The van der Waals surface area contributed by atoms with Gasteiger partial charge in [-0.05, 0) is 50.2 Å². The van der Waals surface area contributed by atoms with E-state index in [1.165, 1.54) is 32.1 Å². The molecule has 1 aromatic heterocycles. The first-order chi connectivity index (χ1) is 16.8. The molecular formula is C29H41N3O3. The summed E-state index contributed by atoms with van der Waals surface area (Å²) in [6, 6.07) is 5.66. The SMILES string of the molecule is Cc1cccc2c(=O)n(CC3(O)CCN(C(=O)[C@H](C)CC4CCCCC4)CC34CCCC4)cnc12. The van der Waals surface area contributed by atoms with Crippen LogP contribution in [0, 0.1) is 24.2 Å². The zero-order valence-corrected chi connectivity index (χ0v) is 21.5. The van der Waals surface area contributed by atoms with Crippen LogP contribution in [0.3, 0.4) is 0 Å². The number of hydrogen-bond donors (Lipinski definition) is 1. The topological polar surface area (TPSA) is 75.4 Å². The van der Waals surface area contributed by atoms with Gasteiger partial charge in [0, 0.05) is 24.4 Å². The number of piperidine rings is 1. The van der Waals surface area contributed by atoms with Crippen LogP contribution in [0.4, 0.5) is 0 Å². The van der Waals surface area contributed by atoms with Gasteiger partial charge in [-0.1, -0.05) is 64.0 Å². The Morgan fingerprint density at radius 3 is 2.63 bits per heavy atom. The Hall–Kier alpha value is -2.21. The third-order valence-electron chi connectivity index (χ3n) is 9.47. The van der Waals surface area contributed by atoms with Crippen molar-refractivity contribution >= 4 is 16.8 Å². The minimum absolute atomic E-state index is 0.0401. The summed E-state index contributed by atoms with van der Waals surface area (Å²) >= 11 is 0. The molecule has 1 unspecified atom stereocenters. The lowest BCUT2D eigenvalue weighted by atomic mass is 9.65. The average Bonchev–Trinajstić information content (AvgIpc) is 3.33. The molecule has 6 heteroatoms. The molecular weight excluding hydrogens is 438 g/mol. The van der Waals surface area contributed by atoms with Gasteiger partial charge in [-0.2, -0.15) is 0 Å². The lowest BCUT2D eigenvalue weighted by Gasteiger charge is -2.52. The number of aryl methyl sites for hydroxylation is 1. The van der Waals surface area contributed by atoms with Crippen molar-refractivity contribution in [2.24, 2.45) is 17.3 Å². The summed E-state index contributed by atoms with van der Waals surface area (Å²) in [5, 5.41) is 12.7. The van der Waals surface area contributed by atoms with Crippen LogP contribution in [0.15, 0.2) is 29.3 Å². The molecule has 0 bridgehead atoms. The molecule has 2 atom stereocenters. The average molecular weight is 480 g/mol. The molecule has 1 aliphatic heterocycles. The Kier molecular flexibility index (Phi) is 6.77. The van der Waals surface area contributed by atoms with Crippen molar-refractivity contribution in [1.82, 2.24) is 14.5 Å².